The molecule has 2 rings (SSSR count). The number of anilines is 1. The van der Waals surface area contributed by atoms with E-state index in [2.05, 4.69) is 5.32 Å². The van der Waals surface area contributed by atoms with Gasteiger partial charge in [0, 0.05) is 19.8 Å². The van der Waals surface area contributed by atoms with Gasteiger partial charge in [0.1, 0.15) is 5.78 Å². The van der Waals surface area contributed by atoms with Crippen LogP contribution in [0.4, 0.5) is 23.7 Å². The van der Waals surface area contributed by atoms with Crippen molar-refractivity contribution in [2.24, 2.45) is 5.92 Å². The maximum atomic E-state index is 13.3. The molecule has 0 radical (unpaired) electrons. The number of nitrogens with one attached hydrogen (secondary N) is 2. The molecule has 0 saturated carbocycles. The first-order chi connectivity index (χ1) is 11.0. The molecule has 9 heteroatoms. The molecular weight excluding hydrogens is 327 g/mol. The number of carbonyl (C=O) groups is 2. The van der Waals surface area contributed by atoms with E-state index in [-0.39, 0.29) is 0 Å². The number of hydrogen-bond acceptors (Lipinski definition) is 4. The summed E-state index contributed by atoms with van der Waals surface area (Å²) in [4.78, 5) is 25.3. The molecule has 1 aliphatic rings. The first-order valence-electron chi connectivity index (χ1n) is 7.13. The van der Waals surface area contributed by atoms with E-state index in [1.54, 1.807) is 31.1 Å². The van der Waals surface area contributed by atoms with Crippen LogP contribution < -0.4 is 15.5 Å². The normalized spacial score (nSPS) is 27.2. The molecule has 1 aromatic carbocycles. The van der Waals surface area contributed by atoms with E-state index >= 15 is 0 Å². The monoisotopic (exact) mass is 345 g/mol. The van der Waals surface area contributed by atoms with Crippen molar-refractivity contribution in [3.05, 3.63) is 29.8 Å². The first-order valence-corrected chi connectivity index (χ1v) is 7.13. The summed E-state index contributed by atoms with van der Waals surface area (Å²) in [5.74, 6) is -2.82. The second kappa shape index (κ2) is 5.97. The third kappa shape index (κ3) is 3.03. The third-order valence-electron chi connectivity index (χ3n) is 4.01. The molecule has 1 aliphatic heterocycles. The van der Waals surface area contributed by atoms with Crippen LogP contribution in [0.25, 0.3) is 0 Å². The first kappa shape index (κ1) is 18.1. The molecule has 24 heavy (non-hydrogen) atoms. The highest BCUT2D eigenvalue weighted by molar-refractivity contribution is 5.86. The van der Waals surface area contributed by atoms with Crippen LogP contribution in [0.5, 0.6) is 0 Å². The molecule has 1 heterocycles. The highest BCUT2D eigenvalue weighted by atomic mass is 19.4. The minimum atomic E-state index is -5.21. The van der Waals surface area contributed by atoms with Gasteiger partial charge in [0.2, 0.25) is 5.72 Å². The summed E-state index contributed by atoms with van der Waals surface area (Å²) in [5, 5.41) is 13.8. The van der Waals surface area contributed by atoms with Crippen LogP contribution in [0.15, 0.2) is 24.3 Å². The maximum absolute atomic E-state index is 13.3. The summed E-state index contributed by atoms with van der Waals surface area (Å²) in [6, 6.07) is 3.81. The van der Waals surface area contributed by atoms with Crippen LogP contribution in [0.2, 0.25) is 0 Å². The Balaban J connectivity index is 2.50. The number of rotatable bonds is 3. The third-order valence-corrected chi connectivity index (χ3v) is 4.01. The SMILES string of the molecule is CC(=O)[C@@H]1[C@H](c2ccc(N(C)C)cc2)NC(=O)N[C@]1(O)C(F)(F)F. The van der Waals surface area contributed by atoms with Gasteiger partial charge >= 0.3 is 12.2 Å². The highest BCUT2D eigenvalue weighted by Gasteiger charge is 2.65. The molecule has 1 saturated heterocycles. The number of hydrogen-bond donors (Lipinski definition) is 3. The fourth-order valence-corrected chi connectivity index (χ4v) is 2.78. The number of urea groups is 1. The Morgan fingerprint density at radius 1 is 1.25 bits per heavy atom. The van der Waals surface area contributed by atoms with E-state index in [0.717, 1.165) is 12.6 Å². The zero-order valence-corrected chi connectivity index (χ0v) is 13.3. The minimum Gasteiger partial charge on any atom is -0.378 e. The average Bonchev–Trinajstić information content (AvgIpc) is 2.44. The summed E-state index contributed by atoms with van der Waals surface area (Å²) in [5.41, 5.74) is -2.55. The molecule has 0 aliphatic carbocycles. The number of halogens is 3. The summed E-state index contributed by atoms with van der Waals surface area (Å²) in [6.45, 7) is 0.946. The van der Waals surface area contributed by atoms with Crippen LogP contribution in [-0.4, -0.2) is 42.9 Å². The van der Waals surface area contributed by atoms with Crippen LogP contribution in [0.1, 0.15) is 18.5 Å². The number of amides is 2. The summed E-state index contributed by atoms with van der Waals surface area (Å²) < 4.78 is 40.0. The van der Waals surface area contributed by atoms with Crippen LogP contribution >= 0.6 is 0 Å². The Kier molecular flexibility index (Phi) is 4.49. The zero-order valence-electron chi connectivity index (χ0n) is 13.3. The Morgan fingerprint density at radius 3 is 2.21 bits per heavy atom. The number of benzene rings is 1. The fourth-order valence-electron chi connectivity index (χ4n) is 2.78. The van der Waals surface area contributed by atoms with Gasteiger partial charge in [-0.25, -0.2) is 4.79 Å². The van der Waals surface area contributed by atoms with Crippen molar-refractivity contribution in [2.75, 3.05) is 19.0 Å². The van der Waals surface area contributed by atoms with Gasteiger partial charge in [0.15, 0.2) is 0 Å². The number of Topliss-reactive ketones (excluding diaryl/α,β-unsaturated/α-hetero) is 1. The average molecular weight is 345 g/mol. The standard InChI is InChI=1S/C15H18F3N3O3/c1-8(22)11-12(9-4-6-10(7-5-9)21(2)3)19-13(23)20-14(11,24)15(16,17)18/h4-7,11-12,24H,1-3H3,(H2,19,20,23)/t11-,12+,14-/m1/s1. The topological polar surface area (TPSA) is 81.7 Å². The van der Waals surface area contributed by atoms with E-state index in [0.29, 0.717) is 5.56 Å². The van der Waals surface area contributed by atoms with Crippen LogP contribution in [-0.2, 0) is 4.79 Å². The molecule has 2 amide bonds. The van der Waals surface area contributed by atoms with E-state index in [9.17, 15) is 27.9 Å². The van der Waals surface area contributed by atoms with Gasteiger partial charge in [-0.15, -0.1) is 0 Å². The molecule has 0 unspecified atom stereocenters. The summed E-state index contributed by atoms with van der Waals surface area (Å²) in [6.07, 6.45) is -5.21. The van der Waals surface area contributed by atoms with Gasteiger partial charge in [-0.1, -0.05) is 12.1 Å². The molecular formula is C15H18F3N3O3. The number of alkyl halides is 3. The lowest BCUT2D eigenvalue weighted by Gasteiger charge is -2.44. The predicted octanol–water partition coefficient (Wildman–Crippen LogP) is 1.56. The van der Waals surface area contributed by atoms with Gasteiger partial charge in [0.25, 0.3) is 0 Å². The number of ketones is 1. The van der Waals surface area contributed by atoms with E-state index in [1.807, 2.05) is 0 Å². The number of nitrogens with zero attached hydrogens (tertiary/aromatic N) is 1. The lowest BCUT2D eigenvalue weighted by molar-refractivity contribution is -0.290. The minimum absolute atomic E-state index is 0.290. The van der Waals surface area contributed by atoms with Crippen molar-refractivity contribution in [3.63, 3.8) is 0 Å². The van der Waals surface area contributed by atoms with Crippen LogP contribution in [0, 0.1) is 5.92 Å². The summed E-state index contributed by atoms with van der Waals surface area (Å²) >= 11 is 0. The Morgan fingerprint density at radius 2 is 1.79 bits per heavy atom. The predicted molar refractivity (Wildman–Crippen MR) is 80.4 cm³/mol. The van der Waals surface area contributed by atoms with E-state index in [4.69, 9.17) is 0 Å². The van der Waals surface area contributed by atoms with Crippen LogP contribution in [0.3, 0.4) is 0 Å². The maximum Gasteiger partial charge on any atom is 0.437 e. The fraction of sp³-hybridized carbons (Fsp3) is 0.467. The Labute approximate surface area is 136 Å². The second-order valence-corrected chi connectivity index (χ2v) is 5.91. The van der Waals surface area contributed by atoms with Crippen molar-refractivity contribution in [1.82, 2.24) is 10.6 Å². The van der Waals surface area contributed by atoms with Crippen molar-refractivity contribution in [2.45, 2.75) is 24.9 Å². The molecule has 0 aromatic heterocycles. The van der Waals surface area contributed by atoms with E-state index in [1.165, 1.54) is 17.4 Å². The number of aliphatic hydroxyl groups is 1. The van der Waals surface area contributed by atoms with Gasteiger partial charge < -0.3 is 20.6 Å². The van der Waals surface area contributed by atoms with E-state index < -0.39 is 35.7 Å². The van der Waals surface area contributed by atoms with Crippen molar-refractivity contribution in [3.8, 4) is 0 Å². The van der Waals surface area contributed by atoms with Gasteiger partial charge in [0.05, 0.1) is 12.0 Å². The second-order valence-electron chi connectivity index (χ2n) is 5.91. The van der Waals surface area contributed by atoms with Crippen molar-refractivity contribution >= 4 is 17.5 Å². The summed E-state index contributed by atoms with van der Waals surface area (Å²) in [7, 11) is 3.59. The zero-order chi connectivity index (χ0) is 18.3. The molecule has 132 valence electrons. The molecule has 1 aromatic rings. The van der Waals surface area contributed by atoms with Crippen molar-refractivity contribution < 1.29 is 27.9 Å². The number of carbonyl (C=O) groups excluding carboxylic acids is 2. The van der Waals surface area contributed by atoms with Gasteiger partial charge in [-0.2, -0.15) is 13.2 Å². The highest BCUT2D eigenvalue weighted by Crippen LogP contribution is 2.42. The molecule has 6 nitrogen and oxygen atoms in total. The Bertz CT molecular complexity index is 646. The lowest BCUT2D eigenvalue weighted by Crippen LogP contribution is -2.72. The molecule has 0 bridgehead atoms. The van der Waals surface area contributed by atoms with Gasteiger partial charge in [-0.05, 0) is 24.6 Å². The smallest absolute Gasteiger partial charge is 0.378 e. The molecule has 1 fully saturated rings. The molecule has 0 spiro atoms. The Hall–Kier alpha value is -2.29. The molecule has 3 N–H and O–H groups in total. The molecule has 3 atom stereocenters. The quantitative estimate of drug-likeness (QED) is 0.777. The lowest BCUT2D eigenvalue weighted by atomic mass is 9.79. The van der Waals surface area contributed by atoms with Crippen molar-refractivity contribution in [1.29, 1.82) is 0 Å². The van der Waals surface area contributed by atoms with Gasteiger partial charge in [-0.3, -0.25) is 4.79 Å². The largest absolute Gasteiger partial charge is 0.437 e.